The molecular weight excluding hydrogens is 752 g/mol. The zero-order valence-corrected chi connectivity index (χ0v) is 35.1. The van der Waals surface area contributed by atoms with Crippen LogP contribution >= 0.6 is 0 Å². The van der Waals surface area contributed by atoms with Gasteiger partial charge < -0.3 is 54.3 Å². The van der Waals surface area contributed by atoms with Crippen molar-refractivity contribution in [1.29, 1.82) is 0 Å². The first kappa shape index (κ1) is 45.6. The van der Waals surface area contributed by atoms with Crippen LogP contribution in [-0.4, -0.2) is 106 Å². The van der Waals surface area contributed by atoms with E-state index in [2.05, 4.69) is 5.32 Å². The number of carbonyl (C=O) groups is 4. The highest BCUT2D eigenvalue weighted by Gasteiger charge is 2.49. The third-order valence-electron chi connectivity index (χ3n) is 11.3. The molecule has 3 aliphatic heterocycles. The smallest absolute Gasteiger partial charge is 0.312 e. The number of benzene rings is 2. The Morgan fingerprint density at radius 1 is 0.948 bits per heavy atom. The molecule has 2 aromatic carbocycles. The SMILES string of the molecule is CCN(CC)C(=O)COc1cc2c(O)c3c(O)c(C)c4c(c13)C(=O)[C@@](C)(O/C=C\[C@H](OC)[C@@H](C)[C@@H](OC(C)=O)[C@@H](C)[C@@H](O)[C@H](C)[C@H](O)[C@H](C)/C=C\C=C(\C)C(=O)N2)O4. The van der Waals surface area contributed by atoms with Gasteiger partial charge in [-0.2, -0.15) is 0 Å². The number of aliphatic hydroxyl groups excluding tert-OH is 2. The zero-order chi connectivity index (χ0) is 43.4. The summed E-state index contributed by atoms with van der Waals surface area (Å²) in [4.78, 5) is 54.9. The molecule has 2 amide bonds. The van der Waals surface area contributed by atoms with Gasteiger partial charge in [0.15, 0.2) is 12.4 Å². The highest BCUT2D eigenvalue weighted by atomic mass is 16.7. The molecule has 0 aromatic heterocycles. The number of nitrogens with zero attached hydrogens (tertiary/aromatic N) is 1. The second-order valence-electron chi connectivity index (χ2n) is 15.3. The Morgan fingerprint density at radius 3 is 2.21 bits per heavy atom. The van der Waals surface area contributed by atoms with Crippen LogP contribution < -0.4 is 14.8 Å². The van der Waals surface area contributed by atoms with Crippen molar-refractivity contribution in [3.05, 3.63) is 53.3 Å². The number of nitrogens with one attached hydrogen (secondary N) is 1. The fourth-order valence-corrected chi connectivity index (χ4v) is 7.56. The Labute approximate surface area is 339 Å². The van der Waals surface area contributed by atoms with Crippen LogP contribution in [-0.2, 0) is 28.6 Å². The van der Waals surface area contributed by atoms with Gasteiger partial charge >= 0.3 is 11.8 Å². The van der Waals surface area contributed by atoms with E-state index in [1.54, 1.807) is 44.7 Å². The number of aromatic hydroxyl groups is 2. The van der Waals surface area contributed by atoms with Crippen molar-refractivity contribution in [1.82, 2.24) is 4.90 Å². The number of esters is 1. The summed E-state index contributed by atoms with van der Waals surface area (Å²) in [6.07, 6.45) is 3.60. The molecule has 5 rings (SSSR count). The van der Waals surface area contributed by atoms with E-state index in [1.165, 1.54) is 59.3 Å². The van der Waals surface area contributed by atoms with E-state index in [0.29, 0.717) is 13.1 Å². The Balaban J connectivity index is 1.94. The number of likely N-dealkylation sites (N-methyl/N-ethyl adjacent to an activating group) is 1. The van der Waals surface area contributed by atoms with Gasteiger partial charge in [-0.1, -0.05) is 45.9 Å². The highest BCUT2D eigenvalue weighted by molar-refractivity contribution is 6.21. The minimum atomic E-state index is -2.02. The topological polar surface area (TPSA) is 211 Å². The number of Topliss-reactive ketones (excluding diaryl/α,β-unsaturated/α-hetero) is 1. The summed E-state index contributed by atoms with van der Waals surface area (Å²) in [5.74, 6) is -8.01. The number of anilines is 1. The minimum absolute atomic E-state index is 0.0574. The number of hydrogen-bond donors (Lipinski definition) is 5. The van der Waals surface area contributed by atoms with Crippen LogP contribution in [0.2, 0.25) is 0 Å². The lowest BCUT2D eigenvalue weighted by Crippen LogP contribution is -2.46. The molecule has 318 valence electrons. The van der Waals surface area contributed by atoms with E-state index >= 15 is 0 Å². The van der Waals surface area contributed by atoms with Crippen molar-refractivity contribution in [2.24, 2.45) is 23.7 Å². The number of rotatable bonds is 7. The van der Waals surface area contributed by atoms with E-state index < -0.39 is 89.6 Å². The molecule has 0 radical (unpaired) electrons. The van der Waals surface area contributed by atoms with Crippen molar-refractivity contribution in [2.75, 3.05) is 32.1 Å². The average molecular weight is 811 g/mol. The number of phenols is 2. The Kier molecular flexibility index (Phi) is 14.6. The summed E-state index contributed by atoms with van der Waals surface area (Å²) in [6.45, 7) is 16.5. The van der Waals surface area contributed by atoms with Crippen molar-refractivity contribution in [2.45, 2.75) is 99.4 Å². The van der Waals surface area contributed by atoms with Gasteiger partial charge in [-0.3, -0.25) is 19.2 Å². The number of amides is 2. The quantitative estimate of drug-likeness (QED) is 0.178. The third kappa shape index (κ3) is 9.11. The minimum Gasteiger partial charge on any atom is -0.507 e. The molecule has 3 aliphatic rings. The lowest BCUT2D eigenvalue weighted by Gasteiger charge is -2.38. The normalized spacial score (nSPS) is 30.1. The van der Waals surface area contributed by atoms with Gasteiger partial charge in [0.25, 0.3) is 17.6 Å². The summed E-state index contributed by atoms with van der Waals surface area (Å²) in [5.41, 5.74) is -0.00860. The molecule has 0 unspecified atom stereocenters. The molecule has 15 heteroatoms. The lowest BCUT2D eigenvalue weighted by molar-refractivity contribution is -0.160. The summed E-state index contributed by atoms with van der Waals surface area (Å²) in [7, 11) is 1.44. The van der Waals surface area contributed by atoms with Crippen LogP contribution in [0.4, 0.5) is 5.69 Å². The molecule has 3 heterocycles. The standard InChI is InChI=1S/C43H58N2O13/c1-12-45(13-2)31(47)20-55-30-19-28-38(51)33-32(30)34-40(26(8)37(33)50)58-43(10,41(34)52)56-18-17-29(54-11)23(5)39(57-27(9)46)25(7)36(49)24(6)35(48)21(3)15-14-16-22(4)42(53)44-28/h14-19,21,23-25,29,35-36,39,48-51H,12-13,20H2,1-11H3,(H,44,53)/b15-14-,18-17-,22-16-/t21-,23-,24-,25+,29+,35-,36+,39-,43+/m1/s1. The predicted octanol–water partition coefficient (Wildman–Crippen LogP) is 5.30. The molecule has 58 heavy (non-hydrogen) atoms. The molecule has 0 spiro atoms. The van der Waals surface area contributed by atoms with Crippen molar-refractivity contribution < 1.29 is 63.3 Å². The van der Waals surface area contributed by atoms with Crippen molar-refractivity contribution >= 4 is 40.0 Å². The number of methoxy groups -OCH3 is 1. The maximum absolute atomic E-state index is 14.4. The molecule has 15 nitrogen and oxygen atoms in total. The second-order valence-corrected chi connectivity index (χ2v) is 15.3. The number of allylic oxidation sites excluding steroid dienone is 2. The number of ketones is 1. The number of carbonyl (C=O) groups excluding carboxylic acids is 4. The van der Waals surface area contributed by atoms with Crippen LogP contribution in [0.3, 0.4) is 0 Å². The first-order chi connectivity index (χ1) is 27.2. The van der Waals surface area contributed by atoms with E-state index in [4.69, 9.17) is 23.7 Å². The van der Waals surface area contributed by atoms with Crippen molar-refractivity contribution in [3.8, 4) is 23.0 Å². The number of hydrogen-bond acceptors (Lipinski definition) is 13. The fourth-order valence-electron chi connectivity index (χ4n) is 7.56. The molecule has 9 atom stereocenters. The van der Waals surface area contributed by atoms with Gasteiger partial charge in [0.05, 0.1) is 41.2 Å². The van der Waals surface area contributed by atoms with E-state index in [-0.39, 0.29) is 50.6 Å². The first-order valence-corrected chi connectivity index (χ1v) is 19.5. The fraction of sp³-hybridized carbons (Fsp3) is 0.535. The Bertz CT molecular complexity index is 1990. The summed E-state index contributed by atoms with van der Waals surface area (Å²) < 4.78 is 29.7. The summed E-state index contributed by atoms with van der Waals surface area (Å²) >= 11 is 0. The van der Waals surface area contributed by atoms with Crippen LogP contribution in [0, 0.1) is 30.6 Å². The third-order valence-corrected chi connectivity index (χ3v) is 11.3. The lowest BCUT2D eigenvalue weighted by atomic mass is 9.78. The van der Waals surface area contributed by atoms with Crippen LogP contribution in [0.1, 0.15) is 78.2 Å². The molecular formula is C43H58N2O13. The van der Waals surface area contributed by atoms with Crippen LogP contribution in [0.5, 0.6) is 23.0 Å². The van der Waals surface area contributed by atoms with Gasteiger partial charge in [0.1, 0.15) is 23.4 Å². The maximum atomic E-state index is 14.4. The van der Waals surface area contributed by atoms with E-state index in [0.717, 1.165) is 0 Å². The van der Waals surface area contributed by atoms with Gasteiger partial charge in [0, 0.05) is 80.3 Å². The highest BCUT2D eigenvalue weighted by Crippen LogP contribution is 2.54. The molecule has 0 aliphatic carbocycles. The summed E-state index contributed by atoms with van der Waals surface area (Å²) in [5, 5.41) is 48.4. The summed E-state index contributed by atoms with van der Waals surface area (Å²) in [6, 6.07) is 1.27. The van der Waals surface area contributed by atoms with Gasteiger partial charge in [-0.15, -0.1) is 0 Å². The molecule has 0 fully saturated rings. The number of aliphatic hydroxyl groups is 2. The predicted molar refractivity (Wildman–Crippen MR) is 216 cm³/mol. The van der Waals surface area contributed by atoms with Crippen LogP contribution in [0.25, 0.3) is 10.8 Å². The molecule has 2 aromatic rings. The monoisotopic (exact) mass is 810 g/mol. The average Bonchev–Trinajstić information content (AvgIpc) is 3.45. The number of fused-ring (bicyclic) bond motifs is 14. The largest absolute Gasteiger partial charge is 0.507 e. The Hall–Kier alpha value is -5.12. The van der Waals surface area contributed by atoms with Crippen LogP contribution in [0.15, 0.2) is 42.2 Å². The maximum Gasteiger partial charge on any atom is 0.312 e. The zero-order valence-electron chi connectivity index (χ0n) is 35.1. The first-order valence-electron chi connectivity index (χ1n) is 19.5. The van der Waals surface area contributed by atoms with Gasteiger partial charge in [-0.05, 0) is 33.8 Å². The van der Waals surface area contributed by atoms with Gasteiger partial charge in [0.2, 0.25) is 0 Å². The second kappa shape index (κ2) is 18.6. The van der Waals surface area contributed by atoms with Gasteiger partial charge in [-0.25, -0.2) is 0 Å². The Morgan fingerprint density at radius 2 is 1.60 bits per heavy atom. The molecule has 0 saturated heterocycles. The molecule has 0 saturated carbocycles. The van der Waals surface area contributed by atoms with E-state index in [9.17, 15) is 39.6 Å². The molecule has 5 N–H and O–H groups in total. The number of phenolic OH excluding ortho intramolecular Hbond substituents is 2. The van der Waals surface area contributed by atoms with E-state index in [1.807, 2.05) is 13.8 Å². The molecule has 5 bridgehead atoms. The van der Waals surface area contributed by atoms with Crippen molar-refractivity contribution in [3.63, 3.8) is 0 Å². The number of ether oxygens (including phenoxy) is 5.